The number of imidazole rings is 1. The van der Waals surface area contributed by atoms with E-state index in [2.05, 4.69) is 30.3 Å². The molecule has 19 heteroatoms. The fourth-order valence-electron chi connectivity index (χ4n) is 9.68. The number of aromatic nitrogens is 3. The molecule has 2 N–H and O–H groups in total. The summed E-state index contributed by atoms with van der Waals surface area (Å²) in [6.45, 7) is 5.30. The Balaban J connectivity index is 0.735. The van der Waals surface area contributed by atoms with Crippen molar-refractivity contribution in [3.8, 4) is 11.1 Å². The lowest BCUT2D eigenvalue weighted by Crippen LogP contribution is -2.54. The molecule has 4 aliphatic rings. The maximum atomic E-state index is 15.8. The highest BCUT2D eigenvalue weighted by Gasteiger charge is 2.40. The Morgan fingerprint density at radius 1 is 0.836 bits per heavy atom. The zero-order valence-electron chi connectivity index (χ0n) is 36.5. The summed E-state index contributed by atoms with van der Waals surface area (Å²) in [4.78, 5) is 92.5. The van der Waals surface area contributed by atoms with Crippen LogP contribution < -0.4 is 26.1 Å². The van der Waals surface area contributed by atoms with E-state index in [1.807, 2.05) is 47.4 Å². The summed E-state index contributed by atoms with van der Waals surface area (Å²) in [5.41, 5.74) is 4.67. The first-order valence-electron chi connectivity index (χ1n) is 22.1. The van der Waals surface area contributed by atoms with Crippen molar-refractivity contribution in [1.29, 1.82) is 0 Å². The number of imide groups is 1. The van der Waals surface area contributed by atoms with E-state index in [0.717, 1.165) is 11.4 Å². The summed E-state index contributed by atoms with van der Waals surface area (Å²) < 4.78 is 33.2. The zero-order chi connectivity index (χ0) is 46.5. The minimum Gasteiger partial charge on any atom is -0.369 e. The number of hydrogen-bond acceptors (Lipinski definition) is 11. The topological polar surface area (TPSA) is 165 Å². The fraction of sp³-hybridized carbons (Fsp3) is 0.312. The Bertz CT molecular complexity index is 3000. The second-order valence-corrected chi connectivity index (χ2v) is 18.1. The molecule has 2 unspecified atom stereocenters. The summed E-state index contributed by atoms with van der Waals surface area (Å²) in [6, 6.07) is 19.9. The number of rotatable bonds is 10. The van der Waals surface area contributed by atoms with Gasteiger partial charge in [0.1, 0.15) is 23.7 Å². The Morgan fingerprint density at radius 3 is 2.28 bits per heavy atom. The minimum atomic E-state index is -1.24. The Hall–Kier alpha value is -7.25. The van der Waals surface area contributed by atoms with Gasteiger partial charge in [0.2, 0.25) is 17.7 Å². The van der Waals surface area contributed by atoms with Gasteiger partial charge in [-0.1, -0.05) is 24.3 Å². The summed E-state index contributed by atoms with van der Waals surface area (Å²) in [5, 5.41) is 7.06. The highest BCUT2D eigenvalue weighted by atomic mass is 32.1. The molecule has 4 aliphatic heterocycles. The summed E-state index contributed by atoms with van der Waals surface area (Å²) >= 11 is 1.20. The number of thiazole rings is 1. The molecular formula is C48H46F2N10O6S. The summed E-state index contributed by atoms with van der Waals surface area (Å²) in [7, 11) is 1.68. The van der Waals surface area contributed by atoms with E-state index in [1.54, 1.807) is 24.6 Å². The molecule has 3 fully saturated rings. The van der Waals surface area contributed by atoms with Crippen molar-refractivity contribution in [3.63, 3.8) is 0 Å². The van der Waals surface area contributed by atoms with Crippen molar-refractivity contribution >= 4 is 68.4 Å². The Morgan fingerprint density at radius 2 is 1.57 bits per heavy atom. The van der Waals surface area contributed by atoms with Crippen molar-refractivity contribution < 1.29 is 32.8 Å². The second kappa shape index (κ2) is 17.9. The van der Waals surface area contributed by atoms with E-state index in [9.17, 15) is 33.2 Å². The van der Waals surface area contributed by atoms with Crippen LogP contribution >= 0.6 is 11.3 Å². The van der Waals surface area contributed by atoms with Crippen LogP contribution in [-0.4, -0.2) is 117 Å². The SMILES string of the molecule is Cn1c(=O)n(C2CCC(=O)NC2=O)c2ccc(N3CCN(CC(=O)N4CCN(c5ccc(-c6cc(F)c7c(c6)C(=O)N(C(C(=O)Nc6nccs6)c6cccc(F)c6)C7)cc5)CC4)CC3)cc21. The molecule has 2 atom stereocenters. The molecule has 3 saturated heterocycles. The van der Waals surface area contributed by atoms with Gasteiger partial charge in [-0.15, -0.1) is 11.3 Å². The molecule has 344 valence electrons. The van der Waals surface area contributed by atoms with E-state index in [-0.39, 0.29) is 53.6 Å². The molecule has 0 spiro atoms. The number of aryl methyl sites for hydroxylation is 1. The molecule has 10 rings (SSSR count). The van der Waals surface area contributed by atoms with Crippen LogP contribution in [-0.2, 0) is 32.8 Å². The number of benzene rings is 4. The molecule has 0 bridgehead atoms. The van der Waals surface area contributed by atoms with Gasteiger partial charge >= 0.3 is 5.69 Å². The van der Waals surface area contributed by atoms with E-state index in [4.69, 9.17) is 0 Å². The molecule has 16 nitrogen and oxygen atoms in total. The maximum absolute atomic E-state index is 15.8. The van der Waals surface area contributed by atoms with Crippen molar-refractivity contribution in [1.82, 2.24) is 34.1 Å². The quantitative estimate of drug-likeness (QED) is 0.187. The molecule has 0 saturated carbocycles. The predicted octanol–water partition coefficient (Wildman–Crippen LogP) is 4.53. The van der Waals surface area contributed by atoms with Crippen LogP contribution in [0.15, 0.2) is 95.2 Å². The number of piperidine rings is 1. The Labute approximate surface area is 387 Å². The average molecular weight is 929 g/mol. The largest absolute Gasteiger partial charge is 0.369 e. The van der Waals surface area contributed by atoms with Gasteiger partial charge in [0.05, 0.1) is 24.1 Å². The first-order chi connectivity index (χ1) is 32.4. The van der Waals surface area contributed by atoms with Gasteiger partial charge in [0.15, 0.2) is 5.13 Å². The van der Waals surface area contributed by atoms with Crippen molar-refractivity contribution in [2.24, 2.45) is 7.05 Å². The number of hydrogen-bond donors (Lipinski definition) is 2. The molecule has 2 aromatic heterocycles. The number of fused-ring (bicyclic) bond motifs is 2. The number of nitrogens with one attached hydrogen (secondary N) is 2. The van der Waals surface area contributed by atoms with E-state index >= 15 is 4.39 Å². The highest BCUT2D eigenvalue weighted by Crippen LogP contribution is 2.37. The standard InChI is InChI=1S/C48H46F2N10O6S/c1-54-40-26-34(9-10-38(40)60(48(54)66)39-11-12-41(61)52-44(39)63)57-16-14-55(15-17-57)28-42(62)58-20-18-56(19-21-58)33-7-5-29(6-8-33)31-24-35-36(37(50)25-31)27-59(46(35)65)43(30-3-2-4-32(49)23-30)45(64)53-47-51-13-22-67-47/h2-10,13,22-26,39,43H,11-12,14-21,27-28H2,1H3,(H,51,53,64)(H,52,61,63). The predicted molar refractivity (Wildman–Crippen MR) is 248 cm³/mol. The molecule has 4 aromatic carbocycles. The van der Waals surface area contributed by atoms with Gasteiger partial charge < -0.3 is 19.6 Å². The van der Waals surface area contributed by atoms with Gasteiger partial charge in [-0.05, 0) is 77.7 Å². The van der Waals surface area contributed by atoms with Crippen LogP contribution in [0.5, 0.6) is 0 Å². The highest BCUT2D eigenvalue weighted by molar-refractivity contribution is 7.13. The monoisotopic (exact) mass is 928 g/mol. The summed E-state index contributed by atoms with van der Waals surface area (Å²) in [6.07, 6.45) is 1.98. The average Bonchev–Trinajstić information content (AvgIpc) is 4.03. The zero-order valence-corrected chi connectivity index (χ0v) is 37.3. The van der Waals surface area contributed by atoms with E-state index < -0.39 is 41.4 Å². The van der Waals surface area contributed by atoms with Crippen LogP contribution in [0.4, 0.5) is 25.3 Å². The van der Waals surface area contributed by atoms with Gasteiger partial charge in [0, 0.05) is 99.9 Å². The van der Waals surface area contributed by atoms with E-state index in [0.29, 0.717) is 86.2 Å². The van der Waals surface area contributed by atoms with Crippen LogP contribution in [0.1, 0.15) is 46.4 Å². The minimum absolute atomic E-state index is 0.0730. The van der Waals surface area contributed by atoms with Gasteiger partial charge in [0.25, 0.3) is 11.8 Å². The molecule has 67 heavy (non-hydrogen) atoms. The third-order valence-electron chi connectivity index (χ3n) is 13.3. The lowest BCUT2D eigenvalue weighted by Gasteiger charge is -2.39. The number of halogens is 2. The van der Waals surface area contributed by atoms with Gasteiger partial charge in [-0.25, -0.2) is 18.6 Å². The first kappa shape index (κ1) is 43.6. The lowest BCUT2D eigenvalue weighted by molar-refractivity contribution is -0.136. The number of nitrogens with zero attached hydrogens (tertiary/aromatic N) is 8. The van der Waals surface area contributed by atoms with Gasteiger partial charge in [-0.2, -0.15) is 0 Å². The number of anilines is 3. The first-order valence-corrected chi connectivity index (χ1v) is 23.0. The number of amides is 5. The van der Waals surface area contributed by atoms with Gasteiger partial charge in [-0.3, -0.25) is 48.6 Å². The second-order valence-electron chi connectivity index (χ2n) is 17.2. The third kappa shape index (κ3) is 8.44. The normalized spacial score (nSPS) is 18.4. The number of piperazine rings is 2. The smallest absolute Gasteiger partial charge is 0.329 e. The molecule has 5 amide bonds. The van der Waals surface area contributed by atoms with E-state index in [1.165, 1.54) is 55.8 Å². The van der Waals surface area contributed by atoms with Crippen LogP contribution in [0.25, 0.3) is 22.2 Å². The maximum Gasteiger partial charge on any atom is 0.329 e. The van der Waals surface area contributed by atoms with Crippen molar-refractivity contribution in [2.75, 3.05) is 74.0 Å². The molecule has 0 radical (unpaired) electrons. The third-order valence-corrected chi connectivity index (χ3v) is 14.0. The van der Waals surface area contributed by atoms with Crippen LogP contribution in [0, 0.1) is 11.6 Å². The van der Waals surface area contributed by atoms with Crippen molar-refractivity contribution in [3.05, 3.63) is 129 Å². The van der Waals surface area contributed by atoms with Crippen LogP contribution in [0.2, 0.25) is 0 Å². The lowest BCUT2D eigenvalue weighted by atomic mass is 9.99. The molecule has 6 aromatic rings. The molecule has 0 aliphatic carbocycles. The number of carbonyl (C=O) groups excluding carboxylic acids is 5. The molecule has 6 heterocycles. The fourth-order valence-corrected chi connectivity index (χ4v) is 10.2. The number of carbonyl (C=O) groups is 5. The van der Waals surface area contributed by atoms with Crippen molar-refractivity contribution in [2.45, 2.75) is 31.5 Å². The Kier molecular flexibility index (Phi) is 11.6. The molecular weight excluding hydrogens is 883 g/mol. The summed E-state index contributed by atoms with van der Waals surface area (Å²) in [5.74, 6) is -3.02. The van der Waals surface area contributed by atoms with Crippen LogP contribution in [0.3, 0.4) is 0 Å².